The van der Waals surface area contributed by atoms with Crippen LogP contribution in [0, 0.1) is 12.7 Å². The van der Waals surface area contributed by atoms with Gasteiger partial charge in [0.2, 0.25) is 0 Å². The summed E-state index contributed by atoms with van der Waals surface area (Å²) < 4.78 is 39.3. The molecule has 1 aliphatic carbocycles. The molecule has 0 radical (unpaired) electrons. The molecule has 0 aliphatic heterocycles. The molecule has 76 valence electrons. The Kier molecular flexibility index (Phi) is 1.86. The van der Waals surface area contributed by atoms with Crippen molar-refractivity contribution in [2.24, 2.45) is 0 Å². The lowest BCUT2D eigenvalue weighted by atomic mass is 10.0. The molecule has 1 N–H and O–H groups in total. The predicted octanol–water partition coefficient (Wildman–Crippen LogP) is 2.36. The summed E-state index contributed by atoms with van der Waals surface area (Å²) in [6.07, 6.45) is -2.58. The minimum atomic E-state index is -3.24. The maximum absolute atomic E-state index is 13.1. The van der Waals surface area contributed by atoms with Gasteiger partial charge in [0.05, 0.1) is 0 Å². The summed E-state index contributed by atoms with van der Waals surface area (Å²) in [7, 11) is 0. The van der Waals surface area contributed by atoms with E-state index in [0.29, 0.717) is 5.56 Å². The highest BCUT2D eigenvalue weighted by Crippen LogP contribution is 2.45. The number of aryl methyl sites for hydroxylation is 1. The second-order valence-electron chi connectivity index (χ2n) is 3.60. The van der Waals surface area contributed by atoms with Crippen molar-refractivity contribution < 1.29 is 18.3 Å². The van der Waals surface area contributed by atoms with Gasteiger partial charge in [0.25, 0.3) is 5.92 Å². The zero-order chi connectivity index (χ0) is 10.5. The third kappa shape index (κ3) is 1.14. The van der Waals surface area contributed by atoms with Gasteiger partial charge in [0.1, 0.15) is 11.9 Å². The first-order chi connectivity index (χ1) is 6.43. The number of benzene rings is 1. The molecule has 2 rings (SSSR count). The van der Waals surface area contributed by atoms with Crippen molar-refractivity contribution in [1.82, 2.24) is 0 Å². The number of halogens is 3. The Morgan fingerprint density at radius 2 is 2.07 bits per heavy atom. The maximum Gasteiger partial charge on any atom is 0.281 e. The lowest BCUT2D eigenvalue weighted by molar-refractivity contribution is -0.0970. The zero-order valence-electron chi connectivity index (χ0n) is 7.52. The Morgan fingerprint density at radius 3 is 2.64 bits per heavy atom. The fourth-order valence-electron chi connectivity index (χ4n) is 1.86. The highest BCUT2D eigenvalue weighted by molar-refractivity contribution is 5.43. The third-order valence-corrected chi connectivity index (χ3v) is 2.60. The van der Waals surface area contributed by atoms with Gasteiger partial charge in [-0.15, -0.1) is 0 Å². The molecule has 0 saturated carbocycles. The molecule has 1 aromatic carbocycles. The summed E-state index contributed by atoms with van der Waals surface area (Å²) in [5.74, 6) is -3.91. The van der Waals surface area contributed by atoms with Gasteiger partial charge in [-0.05, 0) is 24.1 Å². The van der Waals surface area contributed by atoms with Gasteiger partial charge >= 0.3 is 0 Å². The molecule has 4 heteroatoms. The molecule has 14 heavy (non-hydrogen) atoms. The average molecular weight is 202 g/mol. The summed E-state index contributed by atoms with van der Waals surface area (Å²) >= 11 is 0. The summed E-state index contributed by atoms with van der Waals surface area (Å²) in [5, 5.41) is 9.30. The van der Waals surface area contributed by atoms with Crippen molar-refractivity contribution in [3.8, 4) is 0 Å². The van der Waals surface area contributed by atoms with E-state index in [2.05, 4.69) is 0 Å². The van der Waals surface area contributed by atoms with Crippen LogP contribution in [-0.2, 0) is 6.42 Å². The van der Waals surface area contributed by atoms with E-state index in [1.165, 1.54) is 6.07 Å². The van der Waals surface area contributed by atoms with Crippen LogP contribution in [0.3, 0.4) is 0 Å². The number of aliphatic hydroxyl groups excluding tert-OH is 1. The molecule has 1 aliphatic rings. The van der Waals surface area contributed by atoms with E-state index < -0.39 is 24.3 Å². The van der Waals surface area contributed by atoms with Crippen molar-refractivity contribution in [1.29, 1.82) is 0 Å². The molecule has 0 spiro atoms. The van der Waals surface area contributed by atoms with Crippen molar-refractivity contribution >= 4 is 0 Å². The molecule has 0 bridgehead atoms. The maximum atomic E-state index is 13.1. The molecule has 0 saturated heterocycles. The SMILES string of the molecule is Cc1ccc(F)c2c1C(O)C(F)(F)C2. The van der Waals surface area contributed by atoms with Crippen LogP contribution in [-0.4, -0.2) is 11.0 Å². The lowest BCUT2D eigenvalue weighted by Crippen LogP contribution is -2.21. The predicted molar refractivity (Wildman–Crippen MR) is 44.7 cm³/mol. The normalized spacial score (nSPS) is 23.6. The molecule has 0 heterocycles. The number of aliphatic hydroxyl groups is 1. The van der Waals surface area contributed by atoms with E-state index in [4.69, 9.17) is 0 Å². The standard InChI is InChI=1S/C10H9F3O/c1-5-2-3-7(11)6-4-10(12,13)9(14)8(5)6/h2-3,9,14H,4H2,1H3. The molecule has 1 atom stereocenters. The van der Waals surface area contributed by atoms with E-state index in [0.717, 1.165) is 6.07 Å². The van der Waals surface area contributed by atoms with Crippen LogP contribution in [0.2, 0.25) is 0 Å². The van der Waals surface area contributed by atoms with Crippen LogP contribution in [0.1, 0.15) is 22.8 Å². The molecular formula is C10H9F3O. The highest BCUT2D eigenvalue weighted by Gasteiger charge is 2.48. The largest absolute Gasteiger partial charge is 0.382 e. The fourth-order valence-corrected chi connectivity index (χ4v) is 1.86. The van der Waals surface area contributed by atoms with Gasteiger partial charge in [0.15, 0.2) is 0 Å². The van der Waals surface area contributed by atoms with E-state index in [1.54, 1.807) is 6.92 Å². The first-order valence-electron chi connectivity index (χ1n) is 4.27. The minimum Gasteiger partial charge on any atom is -0.382 e. The Labute approximate surface area is 79.2 Å². The van der Waals surface area contributed by atoms with Gasteiger partial charge in [0, 0.05) is 12.0 Å². The molecule has 1 unspecified atom stereocenters. The Balaban J connectivity index is 2.64. The van der Waals surface area contributed by atoms with Crippen LogP contribution < -0.4 is 0 Å². The Hall–Kier alpha value is -1.03. The van der Waals surface area contributed by atoms with Crippen molar-refractivity contribution in [2.75, 3.05) is 0 Å². The number of hydrogen-bond donors (Lipinski definition) is 1. The molecular weight excluding hydrogens is 193 g/mol. The van der Waals surface area contributed by atoms with Crippen LogP contribution >= 0.6 is 0 Å². The summed E-state index contributed by atoms with van der Waals surface area (Å²) in [6, 6.07) is 2.56. The average Bonchev–Trinajstić information content (AvgIpc) is 2.33. The molecule has 0 fully saturated rings. The van der Waals surface area contributed by atoms with Gasteiger partial charge in [-0.1, -0.05) is 6.07 Å². The van der Waals surface area contributed by atoms with E-state index in [1.807, 2.05) is 0 Å². The number of hydrogen-bond acceptors (Lipinski definition) is 1. The first-order valence-corrected chi connectivity index (χ1v) is 4.27. The summed E-state index contributed by atoms with van der Waals surface area (Å²) in [5.41, 5.74) is 0.503. The topological polar surface area (TPSA) is 20.2 Å². The second kappa shape index (κ2) is 2.73. The van der Waals surface area contributed by atoms with Crippen LogP contribution in [0.4, 0.5) is 13.2 Å². The molecule has 0 aromatic heterocycles. The fraction of sp³-hybridized carbons (Fsp3) is 0.400. The number of rotatable bonds is 0. The van der Waals surface area contributed by atoms with Gasteiger partial charge in [-0.3, -0.25) is 0 Å². The van der Waals surface area contributed by atoms with E-state index in [-0.39, 0.29) is 11.1 Å². The second-order valence-corrected chi connectivity index (χ2v) is 3.60. The monoisotopic (exact) mass is 202 g/mol. The Bertz CT molecular complexity index is 387. The zero-order valence-corrected chi connectivity index (χ0v) is 7.52. The third-order valence-electron chi connectivity index (χ3n) is 2.60. The Morgan fingerprint density at radius 1 is 1.43 bits per heavy atom. The van der Waals surface area contributed by atoms with Gasteiger partial charge < -0.3 is 5.11 Å². The minimum absolute atomic E-state index is 0.0509. The quantitative estimate of drug-likeness (QED) is 0.684. The lowest BCUT2D eigenvalue weighted by Gasteiger charge is -2.14. The molecule has 1 aromatic rings. The molecule has 0 amide bonds. The smallest absolute Gasteiger partial charge is 0.281 e. The van der Waals surface area contributed by atoms with Crippen molar-refractivity contribution in [2.45, 2.75) is 25.4 Å². The molecule has 1 nitrogen and oxygen atoms in total. The summed E-state index contributed by atoms with van der Waals surface area (Å²) in [6.45, 7) is 1.59. The number of alkyl halides is 2. The summed E-state index contributed by atoms with van der Waals surface area (Å²) in [4.78, 5) is 0. The highest BCUT2D eigenvalue weighted by atomic mass is 19.3. The van der Waals surface area contributed by atoms with Gasteiger partial charge in [-0.2, -0.15) is 0 Å². The van der Waals surface area contributed by atoms with Gasteiger partial charge in [-0.25, -0.2) is 13.2 Å². The van der Waals surface area contributed by atoms with E-state index in [9.17, 15) is 18.3 Å². The van der Waals surface area contributed by atoms with Crippen molar-refractivity contribution in [3.05, 3.63) is 34.6 Å². The van der Waals surface area contributed by atoms with Crippen LogP contribution in [0.5, 0.6) is 0 Å². The van der Waals surface area contributed by atoms with Crippen molar-refractivity contribution in [3.63, 3.8) is 0 Å². The number of fused-ring (bicyclic) bond motifs is 1. The van der Waals surface area contributed by atoms with E-state index >= 15 is 0 Å². The van der Waals surface area contributed by atoms with Crippen LogP contribution in [0.15, 0.2) is 12.1 Å². The van der Waals surface area contributed by atoms with Crippen LogP contribution in [0.25, 0.3) is 0 Å². The first kappa shape index (κ1) is 9.52.